The maximum Gasteiger partial charge on any atom is 0.321 e. The van der Waals surface area contributed by atoms with E-state index in [0.717, 1.165) is 59.9 Å². The molecule has 2 aromatic heterocycles. The van der Waals surface area contributed by atoms with Crippen LogP contribution in [0.4, 0.5) is 16.3 Å². The quantitative estimate of drug-likeness (QED) is 0.353. The second-order valence-electron chi connectivity index (χ2n) is 9.37. The fraction of sp³-hybridized carbons (Fsp3) is 0.345. The first kappa shape index (κ1) is 24.3. The summed E-state index contributed by atoms with van der Waals surface area (Å²) in [5.41, 5.74) is 4.63. The molecule has 186 valence electrons. The summed E-state index contributed by atoms with van der Waals surface area (Å²) in [6.45, 7) is 9.26. The van der Waals surface area contributed by atoms with E-state index in [2.05, 4.69) is 61.3 Å². The van der Waals surface area contributed by atoms with Gasteiger partial charge in [0.2, 0.25) is 0 Å². The van der Waals surface area contributed by atoms with Gasteiger partial charge in [-0.1, -0.05) is 49.4 Å². The average molecular weight is 500 g/mol. The lowest BCUT2D eigenvalue weighted by Crippen LogP contribution is -2.50. The van der Waals surface area contributed by atoms with Crippen LogP contribution in [0.15, 0.2) is 54.6 Å². The zero-order valence-corrected chi connectivity index (χ0v) is 22.1. The lowest BCUT2D eigenvalue weighted by atomic mass is 10.1. The van der Waals surface area contributed by atoms with Crippen LogP contribution < -0.4 is 10.2 Å². The van der Waals surface area contributed by atoms with Crippen LogP contribution in [0.5, 0.6) is 0 Å². The number of carbonyl (C=O) groups excluding carboxylic acids is 1. The van der Waals surface area contributed by atoms with Crippen molar-refractivity contribution < 1.29 is 4.79 Å². The summed E-state index contributed by atoms with van der Waals surface area (Å²) in [5, 5.41) is 4.23. The summed E-state index contributed by atoms with van der Waals surface area (Å²) in [6.07, 6.45) is 2.68. The lowest BCUT2D eigenvalue weighted by molar-refractivity contribution is 0.208. The van der Waals surface area contributed by atoms with E-state index in [9.17, 15) is 4.79 Å². The van der Waals surface area contributed by atoms with Gasteiger partial charge in [0.25, 0.3) is 0 Å². The number of urea groups is 1. The zero-order chi connectivity index (χ0) is 25.1. The van der Waals surface area contributed by atoms with Gasteiger partial charge in [-0.25, -0.2) is 14.8 Å². The molecule has 2 amide bonds. The van der Waals surface area contributed by atoms with Crippen molar-refractivity contribution in [2.75, 3.05) is 36.4 Å². The van der Waals surface area contributed by atoms with Gasteiger partial charge >= 0.3 is 6.03 Å². The van der Waals surface area contributed by atoms with E-state index in [1.165, 1.54) is 21.6 Å². The number of anilines is 2. The number of hydrogen-bond acceptors (Lipinski definition) is 5. The number of amides is 2. The van der Waals surface area contributed by atoms with Crippen molar-refractivity contribution in [1.29, 1.82) is 0 Å². The Hall–Kier alpha value is -3.45. The Labute approximate surface area is 217 Å². The van der Waals surface area contributed by atoms with Crippen molar-refractivity contribution in [3.8, 4) is 0 Å². The number of thiophene rings is 1. The van der Waals surface area contributed by atoms with Gasteiger partial charge in [0, 0.05) is 43.2 Å². The van der Waals surface area contributed by atoms with E-state index in [1.54, 1.807) is 11.3 Å². The monoisotopic (exact) mass is 499 g/mol. The van der Waals surface area contributed by atoms with Gasteiger partial charge in [-0.05, 0) is 55.5 Å². The molecule has 1 aliphatic rings. The van der Waals surface area contributed by atoms with Crippen LogP contribution in [0.1, 0.15) is 34.3 Å². The molecule has 1 aliphatic heterocycles. The number of aromatic nitrogens is 2. The Balaban J connectivity index is 1.31. The Morgan fingerprint density at radius 3 is 2.44 bits per heavy atom. The highest BCUT2D eigenvalue weighted by atomic mass is 32.1. The van der Waals surface area contributed by atoms with Gasteiger partial charge in [-0.15, -0.1) is 11.3 Å². The third kappa shape index (κ3) is 5.21. The van der Waals surface area contributed by atoms with Gasteiger partial charge in [0.1, 0.15) is 16.5 Å². The minimum Gasteiger partial charge on any atom is -0.352 e. The van der Waals surface area contributed by atoms with Crippen molar-refractivity contribution in [3.05, 3.63) is 82.0 Å². The molecule has 4 aromatic rings. The number of aryl methyl sites for hydroxylation is 5. The Morgan fingerprint density at radius 2 is 1.69 bits per heavy atom. The van der Waals surface area contributed by atoms with Gasteiger partial charge in [-0.2, -0.15) is 0 Å². The van der Waals surface area contributed by atoms with E-state index < -0.39 is 0 Å². The highest BCUT2D eigenvalue weighted by Crippen LogP contribution is 2.35. The molecule has 0 saturated carbocycles. The normalized spacial score (nSPS) is 13.9. The first-order valence-corrected chi connectivity index (χ1v) is 13.5. The SMILES string of the molecule is CCc1cccc(NC(=O)N2CCN(c3nc(CCc4ccccc4)nc4sc(C)c(C)c34)CC2)c1. The first-order valence-electron chi connectivity index (χ1n) is 12.7. The summed E-state index contributed by atoms with van der Waals surface area (Å²) in [4.78, 5) is 29.5. The second kappa shape index (κ2) is 10.7. The standard InChI is InChI=1S/C29H33N5OS/c1-4-22-11-8-12-24(19-22)30-29(35)34-17-15-33(16-18-34)27-26-20(2)21(3)36-28(26)32-25(31-27)14-13-23-9-6-5-7-10-23/h5-12,19H,4,13-18H2,1-3H3,(H,30,35). The third-order valence-corrected chi connectivity index (χ3v) is 8.09. The number of piperazine rings is 1. The molecule has 0 atom stereocenters. The van der Waals surface area contributed by atoms with Gasteiger partial charge in [-0.3, -0.25) is 0 Å². The van der Waals surface area contributed by atoms with Crippen LogP contribution >= 0.6 is 11.3 Å². The largest absolute Gasteiger partial charge is 0.352 e. The second-order valence-corrected chi connectivity index (χ2v) is 10.6. The number of nitrogens with one attached hydrogen (secondary N) is 1. The molecule has 1 N–H and O–H groups in total. The predicted octanol–water partition coefficient (Wildman–Crippen LogP) is 6.01. The summed E-state index contributed by atoms with van der Waals surface area (Å²) in [7, 11) is 0. The first-order chi connectivity index (χ1) is 17.5. The molecule has 1 fully saturated rings. The minimum atomic E-state index is -0.0400. The van der Waals surface area contributed by atoms with Gasteiger partial charge in [0.15, 0.2) is 0 Å². The molecule has 5 rings (SSSR count). The van der Waals surface area contributed by atoms with Crippen molar-refractivity contribution in [3.63, 3.8) is 0 Å². The van der Waals surface area contributed by atoms with Crippen molar-refractivity contribution >= 4 is 39.1 Å². The smallest absolute Gasteiger partial charge is 0.321 e. The molecule has 3 heterocycles. The number of hydrogen-bond donors (Lipinski definition) is 1. The fourth-order valence-corrected chi connectivity index (χ4v) is 5.75. The van der Waals surface area contributed by atoms with Crippen LogP contribution in [-0.4, -0.2) is 47.1 Å². The van der Waals surface area contributed by atoms with Crippen LogP contribution in [0.25, 0.3) is 10.2 Å². The van der Waals surface area contributed by atoms with Gasteiger partial charge < -0.3 is 15.1 Å². The summed E-state index contributed by atoms with van der Waals surface area (Å²) in [6, 6.07) is 18.5. The molecule has 6 nitrogen and oxygen atoms in total. The fourth-order valence-electron chi connectivity index (χ4n) is 4.71. The summed E-state index contributed by atoms with van der Waals surface area (Å²) >= 11 is 1.75. The molecule has 7 heteroatoms. The minimum absolute atomic E-state index is 0.0400. The maximum absolute atomic E-state index is 12.9. The van der Waals surface area contributed by atoms with Crippen LogP contribution in [-0.2, 0) is 19.3 Å². The van der Waals surface area contributed by atoms with Crippen LogP contribution in [0, 0.1) is 13.8 Å². The maximum atomic E-state index is 12.9. The van der Waals surface area contributed by atoms with E-state index >= 15 is 0 Å². The van der Waals surface area contributed by atoms with E-state index in [1.807, 2.05) is 29.2 Å². The summed E-state index contributed by atoms with van der Waals surface area (Å²) < 4.78 is 0. The topological polar surface area (TPSA) is 61.4 Å². The number of carbonyl (C=O) groups is 1. The Morgan fingerprint density at radius 1 is 0.944 bits per heavy atom. The van der Waals surface area contributed by atoms with Crippen LogP contribution in [0.2, 0.25) is 0 Å². The number of rotatable bonds is 6. The Bertz CT molecular complexity index is 1360. The molecular weight excluding hydrogens is 466 g/mol. The number of fused-ring (bicyclic) bond motifs is 1. The highest BCUT2D eigenvalue weighted by Gasteiger charge is 2.25. The van der Waals surface area contributed by atoms with E-state index in [0.29, 0.717) is 13.1 Å². The van der Waals surface area contributed by atoms with Crippen LogP contribution in [0.3, 0.4) is 0 Å². The lowest BCUT2D eigenvalue weighted by Gasteiger charge is -2.35. The van der Waals surface area contributed by atoms with Crippen molar-refractivity contribution in [2.24, 2.45) is 0 Å². The number of benzene rings is 2. The molecule has 0 spiro atoms. The average Bonchev–Trinajstić information content (AvgIpc) is 3.20. The van der Waals surface area contributed by atoms with Gasteiger partial charge in [0.05, 0.1) is 5.39 Å². The van der Waals surface area contributed by atoms with E-state index in [4.69, 9.17) is 9.97 Å². The van der Waals surface area contributed by atoms with Crippen molar-refractivity contribution in [1.82, 2.24) is 14.9 Å². The molecule has 36 heavy (non-hydrogen) atoms. The summed E-state index contributed by atoms with van der Waals surface area (Å²) in [5.74, 6) is 1.90. The van der Waals surface area contributed by atoms with E-state index in [-0.39, 0.29) is 6.03 Å². The Kier molecular flexibility index (Phi) is 7.18. The predicted molar refractivity (Wildman–Crippen MR) is 149 cm³/mol. The molecule has 0 radical (unpaired) electrons. The third-order valence-electron chi connectivity index (χ3n) is 6.99. The molecule has 2 aromatic carbocycles. The molecule has 0 unspecified atom stereocenters. The highest BCUT2D eigenvalue weighted by molar-refractivity contribution is 7.18. The molecule has 0 aliphatic carbocycles. The molecular formula is C29H33N5OS. The van der Waals surface area contributed by atoms with Crippen molar-refractivity contribution in [2.45, 2.75) is 40.0 Å². The number of nitrogens with zero attached hydrogens (tertiary/aromatic N) is 4. The molecule has 0 bridgehead atoms. The zero-order valence-electron chi connectivity index (χ0n) is 21.3. The molecule has 1 saturated heterocycles.